The molecule has 1 saturated heterocycles. The van der Waals surface area contributed by atoms with Gasteiger partial charge in [0.1, 0.15) is 10.7 Å². The van der Waals surface area contributed by atoms with E-state index in [0.717, 1.165) is 29.7 Å². The lowest BCUT2D eigenvalue weighted by Crippen LogP contribution is -2.35. The molecule has 9 heteroatoms. The Morgan fingerprint density at radius 3 is 2.25 bits per heavy atom. The van der Waals surface area contributed by atoms with Crippen molar-refractivity contribution in [2.24, 2.45) is 0 Å². The van der Waals surface area contributed by atoms with E-state index in [1.54, 1.807) is 23.1 Å². The molecule has 0 unspecified atom stereocenters. The molecule has 0 spiro atoms. The third kappa shape index (κ3) is 4.60. The van der Waals surface area contributed by atoms with Crippen LogP contribution in [0.25, 0.3) is 17.3 Å². The standard InChI is InChI=1S/C27H27N3O5S/c1-17-7-10-19(11-8-17)30-26(32)22(15-18-9-12-21(33-2)24(35-4)23(18)34-3)36-27(30)20(16-28)25(31)29-13-5-6-14-29/h7-12,15H,5-6,13-14H2,1-4H3. The summed E-state index contributed by atoms with van der Waals surface area (Å²) in [6.07, 6.45) is 3.48. The Balaban J connectivity index is 2.03. The highest BCUT2D eigenvalue weighted by atomic mass is 32.1. The number of nitrogens with zero attached hydrogens (tertiary/aromatic N) is 3. The average Bonchev–Trinajstić information content (AvgIpc) is 3.54. The van der Waals surface area contributed by atoms with Gasteiger partial charge in [-0.25, -0.2) is 0 Å². The highest BCUT2D eigenvalue weighted by Crippen LogP contribution is 2.39. The first kappa shape index (κ1) is 25.1. The molecule has 8 nitrogen and oxygen atoms in total. The lowest BCUT2D eigenvalue weighted by Gasteiger charge is -2.14. The summed E-state index contributed by atoms with van der Waals surface area (Å²) in [5.41, 5.74) is 1.83. The van der Waals surface area contributed by atoms with Crippen molar-refractivity contribution in [3.63, 3.8) is 0 Å². The highest BCUT2D eigenvalue weighted by Gasteiger charge is 2.25. The lowest BCUT2D eigenvalue weighted by atomic mass is 10.1. The van der Waals surface area contributed by atoms with Crippen LogP contribution in [0.4, 0.5) is 0 Å². The fraction of sp³-hybridized carbons (Fsp3) is 0.296. The van der Waals surface area contributed by atoms with E-state index >= 15 is 0 Å². The van der Waals surface area contributed by atoms with E-state index in [0.29, 0.717) is 50.8 Å². The second kappa shape index (κ2) is 10.7. The van der Waals surface area contributed by atoms with Gasteiger partial charge in [0.25, 0.3) is 11.5 Å². The van der Waals surface area contributed by atoms with Crippen LogP contribution in [-0.4, -0.2) is 49.8 Å². The molecule has 1 amide bonds. The summed E-state index contributed by atoms with van der Waals surface area (Å²) in [7, 11) is 4.55. The lowest BCUT2D eigenvalue weighted by molar-refractivity contribution is -0.123. The van der Waals surface area contributed by atoms with Gasteiger partial charge < -0.3 is 19.1 Å². The van der Waals surface area contributed by atoms with E-state index in [1.807, 2.05) is 31.2 Å². The minimum absolute atomic E-state index is 0.0431. The summed E-state index contributed by atoms with van der Waals surface area (Å²) in [5.74, 6) is 0.947. The molecule has 0 atom stereocenters. The van der Waals surface area contributed by atoms with Crippen LogP contribution in [0, 0.1) is 18.3 Å². The first-order valence-corrected chi connectivity index (χ1v) is 12.3. The molecule has 0 N–H and O–H groups in total. The van der Waals surface area contributed by atoms with E-state index in [1.165, 1.54) is 25.9 Å². The third-order valence-corrected chi connectivity index (χ3v) is 7.16. The molecule has 4 rings (SSSR count). The number of methoxy groups -OCH3 is 3. The Morgan fingerprint density at radius 2 is 1.67 bits per heavy atom. The van der Waals surface area contributed by atoms with Crippen molar-refractivity contribution in [2.45, 2.75) is 19.8 Å². The number of aromatic nitrogens is 1. The average molecular weight is 506 g/mol. The molecule has 3 aromatic rings. The van der Waals surface area contributed by atoms with Crippen LogP contribution in [0.2, 0.25) is 0 Å². The third-order valence-electron chi connectivity index (χ3n) is 6.07. The van der Waals surface area contributed by atoms with Gasteiger partial charge >= 0.3 is 0 Å². The summed E-state index contributed by atoms with van der Waals surface area (Å²) < 4.78 is 18.5. The van der Waals surface area contributed by atoms with Crippen LogP contribution in [0.1, 0.15) is 24.0 Å². The van der Waals surface area contributed by atoms with Gasteiger partial charge in [-0.05, 0) is 50.1 Å². The number of nitriles is 1. The molecule has 0 saturated carbocycles. The number of amides is 1. The van der Waals surface area contributed by atoms with Gasteiger partial charge in [-0.1, -0.05) is 17.7 Å². The summed E-state index contributed by atoms with van der Waals surface area (Å²) in [4.78, 5) is 28.6. The van der Waals surface area contributed by atoms with Gasteiger partial charge in [-0.2, -0.15) is 5.26 Å². The normalized spacial score (nSPS) is 14.4. The van der Waals surface area contributed by atoms with E-state index in [9.17, 15) is 14.9 Å². The molecule has 36 heavy (non-hydrogen) atoms. The summed E-state index contributed by atoms with van der Waals surface area (Å²) >= 11 is 1.10. The zero-order valence-corrected chi connectivity index (χ0v) is 21.5. The Kier molecular flexibility index (Phi) is 7.46. The Bertz CT molecular complexity index is 1510. The maximum absolute atomic E-state index is 13.7. The van der Waals surface area contributed by atoms with Crippen LogP contribution in [-0.2, 0) is 4.79 Å². The number of benzene rings is 2. The minimum atomic E-state index is -0.354. The van der Waals surface area contributed by atoms with Crippen molar-refractivity contribution in [1.29, 1.82) is 5.26 Å². The van der Waals surface area contributed by atoms with Crippen LogP contribution in [0.5, 0.6) is 17.2 Å². The summed E-state index contributed by atoms with van der Waals surface area (Å²) in [5, 5.41) is 10.0. The summed E-state index contributed by atoms with van der Waals surface area (Å²) in [6, 6.07) is 13.0. The number of rotatable bonds is 6. The van der Waals surface area contributed by atoms with Crippen LogP contribution in [0.15, 0.2) is 41.2 Å². The number of hydrogen-bond donors (Lipinski definition) is 0. The Morgan fingerprint density at radius 1 is 1.00 bits per heavy atom. The number of carbonyl (C=O) groups excluding carboxylic acids is 1. The van der Waals surface area contributed by atoms with E-state index in [-0.39, 0.29) is 17.0 Å². The smallest absolute Gasteiger partial charge is 0.273 e. The van der Waals surface area contributed by atoms with Crippen molar-refractivity contribution in [1.82, 2.24) is 9.47 Å². The number of carbonyl (C=O) groups is 1. The molecule has 0 radical (unpaired) electrons. The molecule has 1 aliphatic rings. The van der Waals surface area contributed by atoms with Crippen molar-refractivity contribution >= 4 is 28.9 Å². The van der Waals surface area contributed by atoms with Crippen LogP contribution in [0.3, 0.4) is 0 Å². The van der Waals surface area contributed by atoms with Crippen LogP contribution >= 0.6 is 11.3 Å². The van der Waals surface area contributed by atoms with E-state index in [4.69, 9.17) is 14.2 Å². The topological polar surface area (TPSA) is 93.8 Å². The molecule has 1 fully saturated rings. The molecule has 1 aliphatic heterocycles. The minimum Gasteiger partial charge on any atom is -0.493 e. The van der Waals surface area contributed by atoms with Crippen molar-refractivity contribution in [3.8, 4) is 29.0 Å². The number of hydrogen-bond acceptors (Lipinski definition) is 7. The Labute approximate surface area is 212 Å². The predicted octanol–water partition coefficient (Wildman–Crippen LogP) is 2.36. The molecule has 2 heterocycles. The maximum atomic E-state index is 13.7. The quantitative estimate of drug-likeness (QED) is 0.511. The number of aryl methyl sites for hydroxylation is 1. The van der Waals surface area contributed by atoms with Gasteiger partial charge in [-0.15, -0.1) is 11.3 Å². The van der Waals surface area contributed by atoms with Gasteiger partial charge in [0.15, 0.2) is 17.1 Å². The molecule has 0 aliphatic carbocycles. The first-order chi connectivity index (χ1) is 17.4. The second-order valence-corrected chi connectivity index (χ2v) is 9.33. The highest BCUT2D eigenvalue weighted by molar-refractivity contribution is 7.07. The van der Waals surface area contributed by atoms with Crippen molar-refractivity contribution < 1.29 is 19.0 Å². The van der Waals surface area contributed by atoms with Crippen LogP contribution < -0.4 is 29.0 Å². The molecule has 186 valence electrons. The van der Waals surface area contributed by atoms with Gasteiger partial charge in [0.2, 0.25) is 5.75 Å². The van der Waals surface area contributed by atoms with Gasteiger partial charge in [0, 0.05) is 18.7 Å². The zero-order chi connectivity index (χ0) is 25.8. The first-order valence-electron chi connectivity index (χ1n) is 11.5. The largest absolute Gasteiger partial charge is 0.493 e. The number of thiazole rings is 1. The predicted molar refractivity (Wildman–Crippen MR) is 138 cm³/mol. The van der Waals surface area contributed by atoms with Gasteiger partial charge in [0.05, 0.1) is 31.5 Å². The Hall–Kier alpha value is -4.03. The van der Waals surface area contributed by atoms with E-state index in [2.05, 4.69) is 6.07 Å². The SMILES string of the molecule is COc1ccc(C=c2sc(=C(C#N)C(=O)N3CCCC3)n(-c3ccc(C)cc3)c2=O)c(OC)c1OC. The number of likely N-dealkylation sites (tertiary alicyclic amines) is 1. The fourth-order valence-electron chi connectivity index (χ4n) is 4.22. The molecular weight excluding hydrogens is 478 g/mol. The zero-order valence-electron chi connectivity index (χ0n) is 20.7. The van der Waals surface area contributed by atoms with E-state index < -0.39 is 0 Å². The fourth-order valence-corrected chi connectivity index (χ4v) is 5.31. The van der Waals surface area contributed by atoms with Crippen molar-refractivity contribution in [3.05, 3.63) is 67.1 Å². The monoisotopic (exact) mass is 505 g/mol. The molecular formula is C27H27N3O5S. The number of ether oxygens (including phenoxy) is 3. The van der Waals surface area contributed by atoms with Gasteiger partial charge in [-0.3, -0.25) is 14.2 Å². The second-order valence-electron chi connectivity index (χ2n) is 8.30. The van der Waals surface area contributed by atoms with Crippen molar-refractivity contribution in [2.75, 3.05) is 34.4 Å². The molecule has 1 aromatic heterocycles. The summed E-state index contributed by atoms with van der Waals surface area (Å²) in [6.45, 7) is 3.16. The molecule has 2 aromatic carbocycles. The molecule has 0 bridgehead atoms. The maximum Gasteiger partial charge on any atom is 0.273 e.